The number of rotatable bonds is 5. The average molecular weight is 493 g/mol. The predicted octanol–water partition coefficient (Wildman–Crippen LogP) is 3.14. The number of aryl methyl sites for hydroxylation is 2. The topological polar surface area (TPSA) is 75.5 Å². The zero-order valence-electron chi connectivity index (χ0n) is 20.4. The molecular weight excluding hydrogens is 460 g/mol. The molecule has 3 aromatic rings. The van der Waals surface area contributed by atoms with Crippen LogP contribution in [0.25, 0.3) is 11.3 Å². The molecule has 5 rings (SSSR count). The van der Waals surface area contributed by atoms with E-state index in [-0.39, 0.29) is 5.56 Å². The number of piperazine rings is 1. The third kappa shape index (κ3) is 4.70. The predicted molar refractivity (Wildman–Crippen MR) is 137 cm³/mol. The Labute approximate surface area is 207 Å². The first-order valence-electron chi connectivity index (χ1n) is 12.3. The fourth-order valence-electron chi connectivity index (χ4n) is 5.22. The van der Waals surface area contributed by atoms with Gasteiger partial charge in [-0.1, -0.05) is 42.5 Å². The molecule has 1 saturated heterocycles. The molecular formula is C27H32N4O3S. The van der Waals surface area contributed by atoms with Crippen molar-refractivity contribution in [3.8, 4) is 11.3 Å². The number of hydrogen-bond donors (Lipinski definition) is 0. The summed E-state index contributed by atoms with van der Waals surface area (Å²) in [5, 5.41) is 4.56. The van der Waals surface area contributed by atoms with Crippen molar-refractivity contribution in [2.75, 3.05) is 26.2 Å². The van der Waals surface area contributed by atoms with Crippen LogP contribution in [0.5, 0.6) is 0 Å². The molecule has 0 atom stereocenters. The van der Waals surface area contributed by atoms with E-state index in [4.69, 9.17) is 0 Å². The second-order valence-corrected chi connectivity index (χ2v) is 11.5. The molecule has 7 nitrogen and oxygen atoms in total. The molecule has 2 heterocycles. The third-order valence-corrected chi connectivity index (χ3v) is 9.26. The Bertz CT molecular complexity index is 1390. The first-order valence-corrected chi connectivity index (χ1v) is 13.7. The molecule has 1 aromatic heterocycles. The van der Waals surface area contributed by atoms with Crippen LogP contribution in [0, 0.1) is 6.92 Å². The number of hydrogen-bond acceptors (Lipinski definition) is 5. The van der Waals surface area contributed by atoms with Crippen LogP contribution in [0.4, 0.5) is 0 Å². The number of sulfonamides is 1. The van der Waals surface area contributed by atoms with E-state index in [0.717, 1.165) is 60.2 Å². The number of aromatic nitrogens is 2. The normalized spacial score (nSPS) is 17.3. The van der Waals surface area contributed by atoms with E-state index in [1.807, 2.05) is 37.3 Å². The molecule has 0 saturated carbocycles. The molecule has 2 aliphatic rings. The summed E-state index contributed by atoms with van der Waals surface area (Å²) in [7, 11) is -1.98. The Morgan fingerprint density at radius 1 is 0.914 bits per heavy atom. The highest BCUT2D eigenvalue weighted by Crippen LogP contribution is 2.31. The van der Waals surface area contributed by atoms with E-state index in [0.29, 0.717) is 31.1 Å². The summed E-state index contributed by atoms with van der Waals surface area (Å²) in [4.78, 5) is 15.2. The SMILES string of the molecule is Cc1ccc(-c2nn(C)c(=O)c3c2CCCC3)cc1S(=O)(=O)N1CCN(Cc2ccccc2)CC1. The van der Waals surface area contributed by atoms with Gasteiger partial charge in [-0.3, -0.25) is 9.69 Å². The highest BCUT2D eigenvalue weighted by Gasteiger charge is 2.30. The molecule has 184 valence electrons. The van der Waals surface area contributed by atoms with Gasteiger partial charge in [-0.05, 0) is 55.4 Å². The van der Waals surface area contributed by atoms with E-state index in [1.165, 1.54) is 10.2 Å². The minimum Gasteiger partial charge on any atom is -0.296 e. The zero-order chi connectivity index (χ0) is 24.6. The van der Waals surface area contributed by atoms with Crippen molar-refractivity contribution < 1.29 is 8.42 Å². The van der Waals surface area contributed by atoms with Crippen LogP contribution >= 0.6 is 0 Å². The van der Waals surface area contributed by atoms with E-state index in [1.54, 1.807) is 17.4 Å². The summed E-state index contributed by atoms with van der Waals surface area (Å²) in [6.45, 7) is 4.99. The molecule has 0 bridgehead atoms. The molecule has 1 aliphatic heterocycles. The van der Waals surface area contributed by atoms with Crippen molar-refractivity contribution in [1.82, 2.24) is 19.0 Å². The standard InChI is InChI=1S/C27H32N4O3S/c1-20-12-13-22(26-23-10-6-7-11-24(23)27(32)29(2)28-26)18-25(20)35(33,34)31-16-14-30(15-17-31)19-21-8-4-3-5-9-21/h3-5,8-9,12-13,18H,6-7,10-11,14-17,19H2,1-2H3. The van der Waals surface area contributed by atoms with Crippen LogP contribution in [0.1, 0.15) is 35.1 Å². The van der Waals surface area contributed by atoms with Crippen molar-refractivity contribution in [2.24, 2.45) is 7.05 Å². The lowest BCUT2D eigenvalue weighted by Crippen LogP contribution is -2.48. The first-order chi connectivity index (χ1) is 16.8. The van der Waals surface area contributed by atoms with Crippen LogP contribution in [-0.4, -0.2) is 53.6 Å². The van der Waals surface area contributed by atoms with Gasteiger partial charge in [0.2, 0.25) is 10.0 Å². The van der Waals surface area contributed by atoms with Crippen molar-refractivity contribution in [3.63, 3.8) is 0 Å². The van der Waals surface area contributed by atoms with Crippen LogP contribution in [0.2, 0.25) is 0 Å². The van der Waals surface area contributed by atoms with Gasteiger partial charge in [0.25, 0.3) is 5.56 Å². The van der Waals surface area contributed by atoms with Gasteiger partial charge >= 0.3 is 0 Å². The summed E-state index contributed by atoms with van der Waals surface area (Å²) >= 11 is 0. The summed E-state index contributed by atoms with van der Waals surface area (Å²) in [6.07, 6.45) is 3.56. The average Bonchev–Trinajstić information content (AvgIpc) is 2.87. The van der Waals surface area contributed by atoms with Gasteiger partial charge in [-0.2, -0.15) is 9.40 Å². The summed E-state index contributed by atoms with van der Waals surface area (Å²) < 4.78 is 30.4. The van der Waals surface area contributed by atoms with Gasteiger partial charge < -0.3 is 0 Å². The fourth-order valence-corrected chi connectivity index (χ4v) is 6.89. The first kappa shape index (κ1) is 23.9. The molecule has 0 radical (unpaired) electrons. The van der Waals surface area contributed by atoms with E-state index >= 15 is 0 Å². The summed E-state index contributed by atoms with van der Waals surface area (Å²) in [6, 6.07) is 15.8. The fraction of sp³-hybridized carbons (Fsp3) is 0.407. The van der Waals surface area contributed by atoms with Crippen molar-refractivity contribution in [2.45, 2.75) is 44.0 Å². The molecule has 1 aliphatic carbocycles. The second-order valence-electron chi connectivity index (χ2n) is 9.59. The Hall–Kier alpha value is -2.81. The van der Waals surface area contributed by atoms with E-state index in [9.17, 15) is 13.2 Å². The smallest absolute Gasteiger partial charge is 0.269 e. The quantitative estimate of drug-likeness (QED) is 0.547. The Balaban J connectivity index is 1.41. The van der Waals surface area contributed by atoms with Gasteiger partial charge in [0.05, 0.1) is 10.6 Å². The van der Waals surface area contributed by atoms with Crippen molar-refractivity contribution >= 4 is 10.0 Å². The van der Waals surface area contributed by atoms with Gasteiger partial charge in [0, 0.05) is 50.9 Å². The van der Waals surface area contributed by atoms with Crippen LogP contribution in [-0.2, 0) is 36.5 Å². The van der Waals surface area contributed by atoms with Gasteiger partial charge in [-0.15, -0.1) is 0 Å². The van der Waals surface area contributed by atoms with Crippen molar-refractivity contribution in [3.05, 3.63) is 81.1 Å². The molecule has 0 amide bonds. The maximum absolute atomic E-state index is 13.7. The molecule has 35 heavy (non-hydrogen) atoms. The minimum absolute atomic E-state index is 0.0446. The Morgan fingerprint density at radius 2 is 1.60 bits per heavy atom. The zero-order valence-corrected chi connectivity index (χ0v) is 21.2. The lowest BCUT2D eigenvalue weighted by atomic mass is 9.89. The third-order valence-electron chi connectivity index (χ3n) is 7.22. The maximum Gasteiger partial charge on any atom is 0.269 e. The van der Waals surface area contributed by atoms with Gasteiger partial charge in [0.1, 0.15) is 0 Å². The summed E-state index contributed by atoms with van der Waals surface area (Å²) in [5.74, 6) is 0. The van der Waals surface area contributed by atoms with Crippen LogP contribution < -0.4 is 5.56 Å². The Kier molecular flexibility index (Phi) is 6.61. The summed E-state index contributed by atoms with van der Waals surface area (Å²) in [5.41, 5.74) is 5.19. The number of benzene rings is 2. The highest BCUT2D eigenvalue weighted by atomic mass is 32.2. The molecule has 2 aromatic carbocycles. The lowest BCUT2D eigenvalue weighted by Gasteiger charge is -2.34. The minimum atomic E-state index is -3.65. The number of fused-ring (bicyclic) bond motifs is 1. The molecule has 0 N–H and O–H groups in total. The monoisotopic (exact) mass is 492 g/mol. The molecule has 1 fully saturated rings. The Morgan fingerprint density at radius 3 is 2.31 bits per heavy atom. The number of nitrogens with zero attached hydrogens (tertiary/aromatic N) is 4. The van der Waals surface area contributed by atoms with Crippen LogP contribution in [0.3, 0.4) is 0 Å². The second kappa shape index (κ2) is 9.68. The van der Waals surface area contributed by atoms with Gasteiger partial charge in [0.15, 0.2) is 0 Å². The largest absolute Gasteiger partial charge is 0.296 e. The van der Waals surface area contributed by atoms with Gasteiger partial charge in [-0.25, -0.2) is 13.1 Å². The van der Waals surface area contributed by atoms with E-state index in [2.05, 4.69) is 22.1 Å². The molecule has 0 unspecified atom stereocenters. The molecule has 8 heteroatoms. The highest BCUT2D eigenvalue weighted by molar-refractivity contribution is 7.89. The van der Waals surface area contributed by atoms with Crippen molar-refractivity contribution in [1.29, 1.82) is 0 Å². The molecule has 0 spiro atoms. The lowest BCUT2D eigenvalue weighted by molar-refractivity contribution is 0.181. The van der Waals surface area contributed by atoms with E-state index < -0.39 is 10.0 Å². The maximum atomic E-state index is 13.7. The van der Waals surface area contributed by atoms with Crippen LogP contribution in [0.15, 0.2) is 58.2 Å².